The van der Waals surface area contributed by atoms with Crippen molar-refractivity contribution >= 4 is 0 Å². The van der Waals surface area contributed by atoms with E-state index in [4.69, 9.17) is 9.47 Å². The van der Waals surface area contributed by atoms with Gasteiger partial charge in [0.1, 0.15) is 0 Å². The lowest BCUT2D eigenvalue weighted by molar-refractivity contribution is -0.117. The van der Waals surface area contributed by atoms with Crippen LogP contribution in [0.3, 0.4) is 0 Å². The van der Waals surface area contributed by atoms with Crippen molar-refractivity contribution in [1.29, 1.82) is 0 Å². The molecule has 2 saturated heterocycles. The maximum absolute atomic E-state index is 6.04. The van der Waals surface area contributed by atoms with E-state index in [-0.39, 0.29) is 5.60 Å². The van der Waals surface area contributed by atoms with Gasteiger partial charge in [0.2, 0.25) is 0 Å². The fraction of sp³-hybridized carbons (Fsp3) is 1.00. The Morgan fingerprint density at radius 2 is 2.17 bits per heavy atom. The third-order valence-electron chi connectivity index (χ3n) is 4.99. The average molecular weight is 255 g/mol. The zero-order valence-electron chi connectivity index (χ0n) is 12.4. The summed E-state index contributed by atoms with van der Waals surface area (Å²) < 4.78 is 11.6. The predicted octanol–water partition coefficient (Wildman–Crippen LogP) is 2.60. The molecule has 0 amide bonds. The van der Waals surface area contributed by atoms with Crippen LogP contribution in [0.2, 0.25) is 0 Å². The summed E-state index contributed by atoms with van der Waals surface area (Å²) in [6.45, 7) is 9.70. The standard InChI is InChI=1S/C15H29NO2/c1-12(16-4)9-14(2,3)13-5-7-18-15(10-13)6-8-17-11-15/h12-13,16H,5-11H2,1-4H3. The molecule has 0 aliphatic carbocycles. The summed E-state index contributed by atoms with van der Waals surface area (Å²) in [5, 5.41) is 3.37. The Bertz CT molecular complexity index is 272. The van der Waals surface area contributed by atoms with Gasteiger partial charge in [-0.1, -0.05) is 13.8 Å². The number of ether oxygens (including phenoxy) is 2. The van der Waals surface area contributed by atoms with E-state index >= 15 is 0 Å². The number of hydrogen-bond acceptors (Lipinski definition) is 3. The lowest BCUT2D eigenvalue weighted by Gasteiger charge is -2.45. The normalized spacial score (nSPS) is 35.0. The van der Waals surface area contributed by atoms with Crippen LogP contribution >= 0.6 is 0 Å². The van der Waals surface area contributed by atoms with E-state index in [1.165, 1.54) is 19.3 Å². The van der Waals surface area contributed by atoms with Crippen LogP contribution in [0.15, 0.2) is 0 Å². The zero-order valence-corrected chi connectivity index (χ0v) is 12.4. The van der Waals surface area contributed by atoms with Gasteiger partial charge in [0, 0.05) is 25.7 Å². The first-order valence-corrected chi connectivity index (χ1v) is 7.36. The quantitative estimate of drug-likeness (QED) is 0.837. The second-order valence-electron chi connectivity index (χ2n) is 6.91. The summed E-state index contributed by atoms with van der Waals surface area (Å²) in [5.41, 5.74) is 0.421. The van der Waals surface area contributed by atoms with Crippen molar-refractivity contribution in [3.63, 3.8) is 0 Å². The Balaban J connectivity index is 1.99. The van der Waals surface area contributed by atoms with Crippen molar-refractivity contribution in [2.45, 2.75) is 58.1 Å². The van der Waals surface area contributed by atoms with Crippen LogP contribution < -0.4 is 5.32 Å². The molecule has 3 heteroatoms. The predicted molar refractivity (Wildman–Crippen MR) is 73.8 cm³/mol. The Kier molecular flexibility index (Phi) is 4.35. The second-order valence-corrected chi connectivity index (χ2v) is 6.91. The maximum atomic E-state index is 6.04. The minimum atomic E-state index is 0.0447. The molecular weight excluding hydrogens is 226 g/mol. The van der Waals surface area contributed by atoms with Crippen molar-refractivity contribution in [2.24, 2.45) is 11.3 Å². The average Bonchev–Trinajstić information content (AvgIpc) is 2.76. The summed E-state index contributed by atoms with van der Waals surface area (Å²) in [6, 6.07) is 0.582. The van der Waals surface area contributed by atoms with Crippen molar-refractivity contribution < 1.29 is 9.47 Å². The van der Waals surface area contributed by atoms with Crippen molar-refractivity contribution in [3.8, 4) is 0 Å². The van der Waals surface area contributed by atoms with E-state index < -0.39 is 0 Å². The molecule has 0 saturated carbocycles. The van der Waals surface area contributed by atoms with Gasteiger partial charge in [0.25, 0.3) is 0 Å². The minimum Gasteiger partial charge on any atom is -0.378 e. The van der Waals surface area contributed by atoms with Crippen LogP contribution in [0.1, 0.15) is 46.5 Å². The van der Waals surface area contributed by atoms with Crippen LogP contribution in [0.4, 0.5) is 0 Å². The van der Waals surface area contributed by atoms with E-state index in [1.807, 2.05) is 0 Å². The molecule has 0 aromatic rings. The van der Waals surface area contributed by atoms with Gasteiger partial charge in [0.15, 0.2) is 0 Å². The summed E-state index contributed by atoms with van der Waals surface area (Å²) in [5.74, 6) is 0.753. The molecule has 18 heavy (non-hydrogen) atoms. The fourth-order valence-electron chi connectivity index (χ4n) is 3.62. The summed E-state index contributed by atoms with van der Waals surface area (Å²) >= 11 is 0. The van der Waals surface area contributed by atoms with Gasteiger partial charge in [-0.15, -0.1) is 0 Å². The molecule has 0 aromatic heterocycles. The highest BCUT2D eigenvalue weighted by molar-refractivity contribution is 4.95. The molecule has 3 atom stereocenters. The van der Waals surface area contributed by atoms with Crippen LogP contribution in [0.25, 0.3) is 0 Å². The smallest absolute Gasteiger partial charge is 0.0939 e. The Hall–Kier alpha value is -0.120. The summed E-state index contributed by atoms with van der Waals surface area (Å²) in [4.78, 5) is 0. The first kappa shape index (κ1) is 14.3. The van der Waals surface area contributed by atoms with E-state index in [1.54, 1.807) is 0 Å². The van der Waals surface area contributed by atoms with Crippen molar-refractivity contribution in [1.82, 2.24) is 5.32 Å². The molecule has 2 heterocycles. The molecule has 0 radical (unpaired) electrons. The molecule has 3 nitrogen and oxygen atoms in total. The molecule has 106 valence electrons. The molecule has 3 unspecified atom stereocenters. The first-order chi connectivity index (χ1) is 8.47. The van der Waals surface area contributed by atoms with Crippen LogP contribution in [-0.4, -0.2) is 38.5 Å². The van der Waals surface area contributed by atoms with E-state index in [9.17, 15) is 0 Å². The minimum absolute atomic E-state index is 0.0447. The van der Waals surface area contributed by atoms with Crippen LogP contribution in [0.5, 0.6) is 0 Å². The topological polar surface area (TPSA) is 30.5 Å². The van der Waals surface area contributed by atoms with Gasteiger partial charge in [-0.3, -0.25) is 0 Å². The highest BCUT2D eigenvalue weighted by Crippen LogP contribution is 2.45. The highest BCUT2D eigenvalue weighted by atomic mass is 16.6. The van der Waals surface area contributed by atoms with Crippen LogP contribution in [-0.2, 0) is 9.47 Å². The van der Waals surface area contributed by atoms with E-state index in [2.05, 4.69) is 33.1 Å². The van der Waals surface area contributed by atoms with Gasteiger partial charge in [-0.2, -0.15) is 0 Å². The Labute approximate surface area is 112 Å². The lowest BCUT2D eigenvalue weighted by atomic mass is 9.67. The molecule has 2 aliphatic rings. The van der Waals surface area contributed by atoms with Crippen molar-refractivity contribution in [3.05, 3.63) is 0 Å². The van der Waals surface area contributed by atoms with Crippen LogP contribution in [0, 0.1) is 11.3 Å². The molecule has 1 N–H and O–H groups in total. The highest BCUT2D eigenvalue weighted by Gasteiger charge is 2.45. The third-order valence-corrected chi connectivity index (χ3v) is 4.99. The SMILES string of the molecule is CNC(C)CC(C)(C)C1CCOC2(CCOC2)C1. The maximum Gasteiger partial charge on any atom is 0.0939 e. The number of rotatable bonds is 4. The summed E-state index contributed by atoms with van der Waals surface area (Å²) in [6.07, 6.45) is 4.69. The number of hydrogen-bond donors (Lipinski definition) is 1. The van der Waals surface area contributed by atoms with Gasteiger partial charge < -0.3 is 14.8 Å². The molecule has 2 rings (SSSR count). The lowest BCUT2D eigenvalue weighted by Crippen LogP contribution is -2.45. The third kappa shape index (κ3) is 3.06. The molecule has 2 fully saturated rings. The second kappa shape index (κ2) is 5.48. The molecule has 1 spiro atoms. The zero-order chi connectivity index (χ0) is 13.2. The Morgan fingerprint density at radius 1 is 1.39 bits per heavy atom. The van der Waals surface area contributed by atoms with Gasteiger partial charge >= 0.3 is 0 Å². The van der Waals surface area contributed by atoms with Crippen molar-refractivity contribution in [2.75, 3.05) is 26.9 Å². The number of nitrogens with one attached hydrogen (secondary N) is 1. The summed E-state index contributed by atoms with van der Waals surface area (Å²) in [7, 11) is 2.05. The monoisotopic (exact) mass is 255 g/mol. The first-order valence-electron chi connectivity index (χ1n) is 7.36. The largest absolute Gasteiger partial charge is 0.378 e. The van der Waals surface area contributed by atoms with Gasteiger partial charge in [-0.05, 0) is 44.6 Å². The molecular formula is C15H29NO2. The molecule has 0 aromatic carbocycles. The van der Waals surface area contributed by atoms with E-state index in [0.29, 0.717) is 11.5 Å². The van der Waals surface area contributed by atoms with Gasteiger partial charge in [0.05, 0.1) is 12.2 Å². The molecule has 0 bridgehead atoms. The van der Waals surface area contributed by atoms with E-state index in [0.717, 1.165) is 32.2 Å². The van der Waals surface area contributed by atoms with Gasteiger partial charge in [-0.25, -0.2) is 0 Å². The molecule has 2 aliphatic heterocycles. The fourth-order valence-corrected chi connectivity index (χ4v) is 3.62. The Morgan fingerprint density at radius 3 is 2.78 bits per heavy atom.